The molecule has 3 heterocycles. The van der Waals surface area contributed by atoms with Crippen LogP contribution in [0.25, 0.3) is 16.6 Å². The molecule has 0 amide bonds. The molecule has 1 aliphatic carbocycles. The molecule has 134 valence electrons. The number of carboxylic acid groups (broad SMARTS) is 1. The normalized spacial score (nSPS) is 15.3. The largest absolute Gasteiger partial charge is 0.477 e. The van der Waals surface area contributed by atoms with E-state index < -0.39 is 11.5 Å². The van der Waals surface area contributed by atoms with Crippen LogP contribution in [0.2, 0.25) is 0 Å². The first-order valence-corrected chi connectivity index (χ1v) is 9.10. The molecule has 1 aromatic carbocycles. The fraction of sp³-hybridized carbons (Fsp3) is 0.227. The van der Waals surface area contributed by atoms with Gasteiger partial charge in [0, 0.05) is 12.4 Å². The van der Waals surface area contributed by atoms with E-state index in [0.29, 0.717) is 12.5 Å². The molecule has 1 aliphatic heterocycles. The Morgan fingerprint density at radius 3 is 2.78 bits per heavy atom. The molecule has 3 aromatic rings. The molecule has 5 rings (SSSR count). The highest BCUT2D eigenvalue weighted by Gasteiger charge is 2.29. The molecule has 27 heavy (non-hydrogen) atoms. The van der Waals surface area contributed by atoms with Gasteiger partial charge in [0.15, 0.2) is 0 Å². The van der Waals surface area contributed by atoms with E-state index in [1.807, 2.05) is 19.2 Å². The number of nitrogens with zero attached hydrogens (tertiary/aromatic N) is 2. The zero-order valence-corrected chi connectivity index (χ0v) is 14.9. The summed E-state index contributed by atoms with van der Waals surface area (Å²) < 4.78 is 1.51. The van der Waals surface area contributed by atoms with E-state index in [1.165, 1.54) is 9.96 Å². The van der Waals surface area contributed by atoms with Crippen molar-refractivity contribution in [2.24, 2.45) is 4.99 Å². The van der Waals surface area contributed by atoms with Crippen LogP contribution in [0.4, 0.5) is 0 Å². The Morgan fingerprint density at radius 2 is 2.04 bits per heavy atom. The van der Waals surface area contributed by atoms with Crippen LogP contribution in [0, 0.1) is 6.92 Å². The lowest BCUT2D eigenvalue weighted by Crippen LogP contribution is -2.23. The van der Waals surface area contributed by atoms with Crippen molar-refractivity contribution >= 4 is 17.7 Å². The van der Waals surface area contributed by atoms with Crippen LogP contribution < -0.4 is 5.56 Å². The van der Waals surface area contributed by atoms with Crippen LogP contribution in [0.1, 0.15) is 51.4 Å². The number of pyridine rings is 2. The Labute approximate surface area is 155 Å². The Hall–Kier alpha value is -3.21. The minimum atomic E-state index is -1.17. The molecular formula is C22H18N2O3. The summed E-state index contributed by atoms with van der Waals surface area (Å²) in [7, 11) is 0. The zero-order valence-electron chi connectivity index (χ0n) is 14.9. The first kappa shape index (κ1) is 16.0. The lowest BCUT2D eigenvalue weighted by Gasteiger charge is -2.16. The number of aromatic nitrogens is 1. The number of carbonyl (C=O) groups is 1. The van der Waals surface area contributed by atoms with Gasteiger partial charge in [-0.25, -0.2) is 4.79 Å². The maximum absolute atomic E-state index is 12.7. The minimum Gasteiger partial charge on any atom is -0.477 e. The molecule has 0 bridgehead atoms. The van der Waals surface area contributed by atoms with E-state index >= 15 is 0 Å². The van der Waals surface area contributed by atoms with Gasteiger partial charge in [-0.05, 0) is 77.3 Å². The molecule has 0 saturated heterocycles. The van der Waals surface area contributed by atoms with Gasteiger partial charge in [-0.3, -0.25) is 14.2 Å². The topological polar surface area (TPSA) is 71.1 Å². The molecule has 0 atom stereocenters. The Morgan fingerprint density at radius 1 is 1.22 bits per heavy atom. The van der Waals surface area contributed by atoms with Crippen molar-refractivity contribution in [2.45, 2.75) is 32.2 Å². The van der Waals surface area contributed by atoms with Crippen molar-refractivity contribution in [2.75, 3.05) is 0 Å². The predicted molar refractivity (Wildman–Crippen MR) is 104 cm³/mol. The molecule has 2 aliphatic rings. The summed E-state index contributed by atoms with van der Waals surface area (Å²) >= 11 is 0. The van der Waals surface area contributed by atoms with Gasteiger partial charge in [0.1, 0.15) is 5.56 Å². The van der Waals surface area contributed by atoms with E-state index in [-0.39, 0.29) is 5.56 Å². The van der Waals surface area contributed by atoms with Gasteiger partial charge in [-0.15, -0.1) is 0 Å². The van der Waals surface area contributed by atoms with Gasteiger partial charge in [-0.1, -0.05) is 12.1 Å². The highest BCUT2D eigenvalue weighted by Crippen LogP contribution is 2.43. The molecule has 1 fully saturated rings. The molecule has 1 N–H and O–H groups in total. The third-order valence-electron chi connectivity index (χ3n) is 5.61. The number of fused-ring (bicyclic) bond motifs is 2. The van der Waals surface area contributed by atoms with E-state index in [2.05, 4.69) is 23.2 Å². The second-order valence-electron chi connectivity index (χ2n) is 7.35. The van der Waals surface area contributed by atoms with Crippen LogP contribution in [-0.2, 0) is 6.54 Å². The summed E-state index contributed by atoms with van der Waals surface area (Å²) in [6.45, 7) is 2.71. The van der Waals surface area contributed by atoms with E-state index in [1.54, 1.807) is 12.3 Å². The molecule has 0 radical (unpaired) electrons. The summed E-state index contributed by atoms with van der Waals surface area (Å²) in [4.78, 5) is 28.5. The number of rotatable bonds is 3. The van der Waals surface area contributed by atoms with E-state index in [4.69, 9.17) is 0 Å². The summed E-state index contributed by atoms with van der Waals surface area (Å²) in [6.07, 6.45) is 5.67. The fourth-order valence-corrected chi connectivity index (χ4v) is 4.05. The monoisotopic (exact) mass is 358 g/mol. The van der Waals surface area contributed by atoms with Crippen LogP contribution >= 0.6 is 0 Å². The van der Waals surface area contributed by atoms with Gasteiger partial charge in [0.05, 0.1) is 12.1 Å². The van der Waals surface area contributed by atoms with Crippen LogP contribution in [0.3, 0.4) is 0 Å². The third kappa shape index (κ3) is 2.42. The van der Waals surface area contributed by atoms with Gasteiger partial charge in [0.25, 0.3) is 5.56 Å². The molecule has 5 heteroatoms. The van der Waals surface area contributed by atoms with Crippen molar-refractivity contribution in [1.29, 1.82) is 0 Å². The fourth-order valence-electron chi connectivity index (χ4n) is 4.05. The number of hydrogen-bond donors (Lipinski definition) is 1. The van der Waals surface area contributed by atoms with Crippen LogP contribution in [-0.4, -0.2) is 21.7 Å². The summed E-state index contributed by atoms with van der Waals surface area (Å²) in [5.41, 5.74) is 6.70. The third-order valence-corrected chi connectivity index (χ3v) is 5.61. The van der Waals surface area contributed by atoms with Crippen LogP contribution in [0.15, 0.2) is 46.3 Å². The quantitative estimate of drug-likeness (QED) is 0.774. The smallest absolute Gasteiger partial charge is 0.341 e. The molecule has 2 aromatic heterocycles. The number of aliphatic imine (C=N–C) groups is 1. The van der Waals surface area contributed by atoms with E-state index in [0.717, 1.165) is 46.2 Å². The first-order valence-electron chi connectivity index (χ1n) is 9.10. The zero-order chi connectivity index (χ0) is 18.7. The van der Waals surface area contributed by atoms with Crippen molar-refractivity contribution in [3.63, 3.8) is 0 Å². The molecule has 0 unspecified atom stereocenters. The number of benzene rings is 1. The summed E-state index contributed by atoms with van der Waals surface area (Å²) in [6, 6.07) is 9.80. The number of aryl methyl sites for hydroxylation is 1. The Kier molecular flexibility index (Phi) is 3.34. The van der Waals surface area contributed by atoms with Crippen molar-refractivity contribution in [1.82, 2.24) is 4.40 Å². The highest BCUT2D eigenvalue weighted by molar-refractivity contribution is 5.90. The highest BCUT2D eigenvalue weighted by atomic mass is 16.4. The average Bonchev–Trinajstić information content (AvgIpc) is 3.39. The van der Waals surface area contributed by atoms with Gasteiger partial charge in [0.2, 0.25) is 0 Å². The maximum atomic E-state index is 12.7. The lowest BCUT2D eigenvalue weighted by atomic mass is 9.95. The molecular weight excluding hydrogens is 340 g/mol. The van der Waals surface area contributed by atoms with Crippen molar-refractivity contribution in [3.05, 3.63) is 74.7 Å². The van der Waals surface area contributed by atoms with Crippen molar-refractivity contribution in [3.8, 4) is 11.1 Å². The Balaban J connectivity index is 1.78. The van der Waals surface area contributed by atoms with Gasteiger partial charge >= 0.3 is 5.97 Å². The standard InChI is InChI=1S/C22H18N2O3/c1-12-17(14-4-5-15-10-23-11-16(15)8-14)6-7-24-20(12)18(13-2-3-13)9-19(21(24)25)22(26)27/h4-10,13H,2-3,11H2,1H3,(H,26,27). The number of hydrogen-bond acceptors (Lipinski definition) is 3. The SMILES string of the molecule is Cc1c(-c2ccc3c(c2)CN=C3)ccn2c(=O)c(C(=O)O)cc(C3CC3)c12. The summed E-state index contributed by atoms with van der Waals surface area (Å²) in [5.74, 6) is -0.835. The van der Waals surface area contributed by atoms with E-state index in [9.17, 15) is 14.7 Å². The first-order chi connectivity index (χ1) is 13.0. The average molecular weight is 358 g/mol. The van der Waals surface area contributed by atoms with Crippen LogP contribution in [0.5, 0.6) is 0 Å². The second-order valence-corrected chi connectivity index (χ2v) is 7.35. The number of carboxylic acids is 1. The van der Waals surface area contributed by atoms with Gasteiger partial charge in [-0.2, -0.15) is 0 Å². The summed E-state index contributed by atoms with van der Waals surface area (Å²) in [5, 5.41) is 9.42. The predicted octanol–water partition coefficient (Wildman–Crippen LogP) is 3.78. The molecule has 5 nitrogen and oxygen atoms in total. The maximum Gasteiger partial charge on any atom is 0.341 e. The second kappa shape index (κ2) is 5.64. The number of aromatic carboxylic acids is 1. The molecule has 1 saturated carbocycles. The van der Waals surface area contributed by atoms with Crippen molar-refractivity contribution < 1.29 is 9.90 Å². The minimum absolute atomic E-state index is 0.156. The lowest BCUT2D eigenvalue weighted by molar-refractivity contribution is 0.0694. The Bertz CT molecular complexity index is 1220. The van der Waals surface area contributed by atoms with Gasteiger partial charge < -0.3 is 5.11 Å². The molecule has 0 spiro atoms.